The predicted molar refractivity (Wildman–Crippen MR) is 135 cm³/mol. The number of halogens is 2. The van der Waals surface area contributed by atoms with Gasteiger partial charge in [-0.15, -0.1) is 0 Å². The highest BCUT2D eigenvalue weighted by atomic mass is 19.3. The fourth-order valence-corrected chi connectivity index (χ4v) is 4.40. The molecule has 1 aromatic carbocycles. The topological polar surface area (TPSA) is 95.5 Å². The van der Waals surface area contributed by atoms with Crippen molar-refractivity contribution in [2.75, 3.05) is 5.32 Å². The predicted octanol–water partition coefficient (Wildman–Crippen LogP) is 4.58. The van der Waals surface area contributed by atoms with E-state index in [1.54, 1.807) is 37.1 Å². The Morgan fingerprint density at radius 3 is 2.59 bits per heavy atom. The molecule has 0 atom stereocenters. The first-order valence-electron chi connectivity index (χ1n) is 11.7. The Morgan fingerprint density at radius 1 is 1.08 bits per heavy atom. The highest BCUT2D eigenvalue weighted by Gasteiger charge is 2.22. The molecule has 0 radical (unpaired) electrons. The lowest BCUT2D eigenvalue weighted by molar-refractivity contribution is -0.116. The molecule has 190 valence electrons. The Morgan fingerprint density at radius 2 is 1.89 bits per heavy atom. The van der Waals surface area contributed by atoms with Crippen molar-refractivity contribution in [3.63, 3.8) is 0 Å². The number of benzene rings is 1. The smallest absolute Gasteiger partial charge is 0.264 e. The number of anilines is 1. The molecule has 0 bridgehead atoms. The maximum atomic E-state index is 14.0. The van der Waals surface area contributed by atoms with Crippen LogP contribution in [0.3, 0.4) is 0 Å². The Balaban J connectivity index is 1.41. The van der Waals surface area contributed by atoms with E-state index in [0.29, 0.717) is 29.3 Å². The van der Waals surface area contributed by atoms with E-state index in [0.717, 1.165) is 16.8 Å². The van der Waals surface area contributed by atoms with Gasteiger partial charge in [0.25, 0.3) is 6.43 Å². The van der Waals surface area contributed by atoms with Gasteiger partial charge in [0.1, 0.15) is 6.54 Å². The number of hydrogen-bond donors (Lipinski definition) is 1. The number of aryl methyl sites for hydroxylation is 4. The summed E-state index contributed by atoms with van der Waals surface area (Å²) >= 11 is 0. The van der Waals surface area contributed by atoms with E-state index >= 15 is 0 Å². The van der Waals surface area contributed by atoms with E-state index in [1.165, 1.54) is 10.7 Å². The molecule has 4 aromatic heterocycles. The average Bonchev–Trinajstić information content (AvgIpc) is 3.51. The third kappa shape index (κ3) is 4.97. The summed E-state index contributed by atoms with van der Waals surface area (Å²) in [6, 6.07) is 11.3. The number of hydrogen-bond acceptors (Lipinski definition) is 5. The van der Waals surface area contributed by atoms with Crippen molar-refractivity contribution in [1.29, 1.82) is 0 Å². The summed E-state index contributed by atoms with van der Waals surface area (Å²) < 4.78 is 32.7. The van der Waals surface area contributed by atoms with Gasteiger partial charge in [0.15, 0.2) is 11.5 Å². The van der Waals surface area contributed by atoms with E-state index in [9.17, 15) is 13.6 Å². The summed E-state index contributed by atoms with van der Waals surface area (Å²) in [7, 11) is 1.73. The summed E-state index contributed by atoms with van der Waals surface area (Å²) in [6.45, 7) is 5.94. The molecule has 0 saturated heterocycles. The van der Waals surface area contributed by atoms with Crippen molar-refractivity contribution < 1.29 is 13.6 Å². The zero-order chi connectivity index (χ0) is 26.3. The summed E-state index contributed by atoms with van der Waals surface area (Å²) in [5.74, 6) is 0.0115. The van der Waals surface area contributed by atoms with Crippen LogP contribution in [0, 0.1) is 20.8 Å². The van der Waals surface area contributed by atoms with Crippen molar-refractivity contribution in [3.8, 4) is 11.3 Å². The average molecular weight is 505 g/mol. The molecule has 5 rings (SSSR count). The minimum Gasteiger partial charge on any atom is -0.308 e. The van der Waals surface area contributed by atoms with E-state index in [4.69, 9.17) is 0 Å². The van der Waals surface area contributed by atoms with Crippen LogP contribution in [-0.4, -0.2) is 40.2 Å². The van der Waals surface area contributed by atoms with Crippen molar-refractivity contribution in [2.24, 2.45) is 7.05 Å². The molecule has 1 amide bonds. The second kappa shape index (κ2) is 9.57. The van der Waals surface area contributed by atoms with Gasteiger partial charge in [-0.2, -0.15) is 15.3 Å². The zero-order valence-corrected chi connectivity index (χ0v) is 20.9. The highest BCUT2D eigenvalue weighted by Crippen LogP contribution is 2.33. The molecule has 5 aromatic rings. The Kier molecular flexibility index (Phi) is 6.28. The van der Waals surface area contributed by atoms with Crippen LogP contribution in [-0.2, 0) is 24.9 Å². The van der Waals surface area contributed by atoms with Gasteiger partial charge in [0.05, 0.1) is 29.5 Å². The van der Waals surface area contributed by atoms with Gasteiger partial charge in [-0.25, -0.2) is 18.4 Å². The quantitative estimate of drug-likeness (QED) is 0.350. The first kappa shape index (κ1) is 24.3. The molecule has 9 nitrogen and oxygen atoms in total. The second-order valence-corrected chi connectivity index (χ2v) is 9.11. The third-order valence-electron chi connectivity index (χ3n) is 6.10. The molecule has 1 N–H and O–H groups in total. The largest absolute Gasteiger partial charge is 0.308 e. The molecule has 0 aliphatic rings. The number of nitrogens with one attached hydrogen (secondary N) is 1. The maximum absolute atomic E-state index is 14.0. The van der Waals surface area contributed by atoms with E-state index in [-0.39, 0.29) is 23.1 Å². The minimum atomic E-state index is -2.73. The lowest BCUT2D eigenvalue weighted by Gasteiger charge is -2.08. The van der Waals surface area contributed by atoms with E-state index < -0.39 is 12.3 Å². The van der Waals surface area contributed by atoms with E-state index in [2.05, 4.69) is 31.7 Å². The van der Waals surface area contributed by atoms with Gasteiger partial charge in [-0.05, 0) is 32.4 Å². The van der Waals surface area contributed by atoms with Crippen LogP contribution in [0.4, 0.5) is 14.6 Å². The lowest BCUT2D eigenvalue weighted by Crippen LogP contribution is -2.20. The Hall–Kier alpha value is -4.41. The standard InChI is InChI=1S/C26H26F2N8O/c1-15-6-5-7-18(8-15)12-35-16(2)9-22(33-35)31-23(37)14-36-26-24(17(3)32-36)20(25(27)28)10-21(30-26)19-11-29-34(4)13-19/h5-11,13,25H,12,14H2,1-4H3,(H,31,33,37). The molecular weight excluding hydrogens is 478 g/mol. The SMILES string of the molecule is Cc1cccc(Cn2nc(NC(=O)Cn3nc(C)c4c(C(F)F)cc(-c5cnn(C)c5)nc43)cc2C)c1. The third-order valence-corrected chi connectivity index (χ3v) is 6.10. The van der Waals surface area contributed by atoms with Gasteiger partial charge in [-0.3, -0.25) is 14.2 Å². The number of nitrogens with zero attached hydrogens (tertiary/aromatic N) is 7. The molecule has 37 heavy (non-hydrogen) atoms. The van der Waals surface area contributed by atoms with Crippen molar-refractivity contribution in [2.45, 2.75) is 40.3 Å². The summed E-state index contributed by atoms with van der Waals surface area (Å²) in [6.07, 6.45) is 0.518. The normalized spacial score (nSPS) is 11.5. The number of amides is 1. The summed E-state index contributed by atoms with van der Waals surface area (Å²) in [4.78, 5) is 17.5. The van der Waals surface area contributed by atoms with Crippen LogP contribution in [0.25, 0.3) is 22.3 Å². The van der Waals surface area contributed by atoms with E-state index in [1.807, 2.05) is 36.7 Å². The first-order chi connectivity index (χ1) is 17.7. The van der Waals surface area contributed by atoms with Crippen LogP contribution < -0.4 is 5.32 Å². The Labute approximate surface area is 211 Å². The Bertz CT molecular complexity index is 1610. The molecule has 0 saturated carbocycles. The summed E-state index contributed by atoms with van der Waals surface area (Å²) in [5, 5.41) is 16.0. The fourth-order valence-electron chi connectivity index (χ4n) is 4.40. The van der Waals surface area contributed by atoms with Crippen molar-refractivity contribution >= 4 is 22.8 Å². The van der Waals surface area contributed by atoms with Crippen LogP contribution in [0.2, 0.25) is 0 Å². The van der Waals surface area contributed by atoms with Gasteiger partial charge in [0, 0.05) is 36.1 Å². The van der Waals surface area contributed by atoms with Crippen LogP contribution in [0.15, 0.2) is 48.8 Å². The molecular formula is C26H26F2N8O. The van der Waals surface area contributed by atoms with Gasteiger partial charge >= 0.3 is 0 Å². The van der Waals surface area contributed by atoms with Gasteiger partial charge in [-0.1, -0.05) is 29.8 Å². The number of rotatable bonds is 7. The van der Waals surface area contributed by atoms with Gasteiger partial charge < -0.3 is 5.32 Å². The number of alkyl halides is 2. The second-order valence-electron chi connectivity index (χ2n) is 9.11. The number of pyridine rings is 1. The number of carbonyl (C=O) groups is 1. The number of carbonyl (C=O) groups excluding carboxylic acids is 1. The molecule has 0 fully saturated rings. The molecule has 4 heterocycles. The molecule has 0 spiro atoms. The molecule has 0 unspecified atom stereocenters. The fraction of sp³-hybridized carbons (Fsp3) is 0.269. The monoisotopic (exact) mass is 504 g/mol. The molecule has 0 aliphatic carbocycles. The summed E-state index contributed by atoms with van der Waals surface area (Å²) in [5.41, 5.74) is 4.49. The van der Waals surface area contributed by atoms with Crippen LogP contribution in [0.1, 0.15) is 34.5 Å². The van der Waals surface area contributed by atoms with Crippen molar-refractivity contribution in [3.05, 3.63) is 76.9 Å². The first-order valence-corrected chi connectivity index (χ1v) is 11.7. The van der Waals surface area contributed by atoms with Crippen molar-refractivity contribution in [1.82, 2.24) is 34.3 Å². The van der Waals surface area contributed by atoms with Gasteiger partial charge in [0.2, 0.25) is 5.91 Å². The maximum Gasteiger partial charge on any atom is 0.264 e. The number of aromatic nitrogens is 7. The highest BCUT2D eigenvalue weighted by molar-refractivity contribution is 5.91. The number of fused-ring (bicyclic) bond motifs is 1. The zero-order valence-electron chi connectivity index (χ0n) is 20.9. The minimum absolute atomic E-state index is 0.182. The molecule has 0 aliphatic heterocycles. The van der Waals surface area contributed by atoms with Crippen LogP contribution in [0.5, 0.6) is 0 Å². The van der Waals surface area contributed by atoms with Crippen LogP contribution >= 0.6 is 0 Å². The molecule has 11 heteroatoms. The lowest BCUT2D eigenvalue weighted by atomic mass is 10.1.